The molecule has 82 heavy (non-hydrogen) atoms. The van der Waals surface area contributed by atoms with E-state index in [2.05, 4.69) is 67.8 Å². The van der Waals surface area contributed by atoms with Gasteiger partial charge >= 0.3 is 0 Å². The molecule has 0 aromatic carbocycles. The predicted molar refractivity (Wildman–Crippen MR) is 358 cm³/mol. The van der Waals surface area contributed by atoms with Gasteiger partial charge in [0.05, 0.1) is 39.9 Å². The van der Waals surface area contributed by atoms with Crippen LogP contribution in [0.3, 0.4) is 0 Å². The molecule has 3 unspecified atom stereocenters. The Bertz CT molecular complexity index is 1480. The molecule has 0 aliphatic heterocycles. The number of hydrogen-bond donors (Lipinski definition) is 2. The third kappa shape index (κ3) is 66.0. The van der Waals surface area contributed by atoms with Crippen molar-refractivity contribution in [3.8, 4) is 0 Å². The Balaban J connectivity index is 3.99. The summed E-state index contributed by atoms with van der Waals surface area (Å²) < 4.78 is 23.6. The summed E-state index contributed by atoms with van der Waals surface area (Å²) in [5, 5.41) is 14.1. The number of carbonyl (C=O) groups is 1. The van der Waals surface area contributed by atoms with Crippen LogP contribution in [0.4, 0.5) is 0 Å². The number of likely N-dealkylation sites (N-methyl/N-ethyl adjacent to an activating group) is 1. The lowest BCUT2D eigenvalue weighted by Gasteiger charge is -2.30. The van der Waals surface area contributed by atoms with Gasteiger partial charge < -0.3 is 28.8 Å². The number of phosphoric ester groups is 1. The van der Waals surface area contributed by atoms with Gasteiger partial charge in [-0.1, -0.05) is 351 Å². The molecule has 0 spiro atoms. The number of allylic oxidation sites excluding steroid dienone is 8. The number of phosphoric acid groups is 1. The van der Waals surface area contributed by atoms with Gasteiger partial charge in [0.15, 0.2) is 0 Å². The fourth-order valence-corrected chi connectivity index (χ4v) is 11.8. The number of amides is 1. The van der Waals surface area contributed by atoms with E-state index in [9.17, 15) is 19.4 Å². The van der Waals surface area contributed by atoms with Crippen molar-refractivity contribution in [1.82, 2.24) is 5.32 Å². The molecule has 1 amide bonds. The monoisotopic (exact) mass is 1170 g/mol. The van der Waals surface area contributed by atoms with Crippen LogP contribution in [-0.2, 0) is 18.4 Å². The van der Waals surface area contributed by atoms with Gasteiger partial charge in [0.25, 0.3) is 7.82 Å². The molecule has 0 radical (unpaired) electrons. The zero-order valence-electron chi connectivity index (χ0n) is 55.5. The second-order valence-corrected chi connectivity index (χ2v) is 27.3. The van der Waals surface area contributed by atoms with E-state index < -0.39 is 20.0 Å². The van der Waals surface area contributed by atoms with Crippen molar-refractivity contribution >= 4 is 13.7 Å². The second kappa shape index (κ2) is 63.9. The van der Waals surface area contributed by atoms with Gasteiger partial charge in [-0.2, -0.15) is 0 Å². The van der Waals surface area contributed by atoms with Crippen LogP contribution in [0.25, 0.3) is 0 Å². The SMILES string of the molecule is CC/C=C\C/C=C\C/C=C\C/C=C\CCCCCCCCCCCCCCCCCCC(=O)NC(COP(=O)([O-])OCC[N+](C)(C)C)C(O)CCCCCCCCCCCCCCCCCCCCCCCCCCCCCCCCC. The number of nitrogens with one attached hydrogen (secondary N) is 1. The van der Waals surface area contributed by atoms with Crippen LogP contribution in [0, 0.1) is 0 Å². The summed E-state index contributed by atoms with van der Waals surface area (Å²) in [7, 11) is 1.32. The molecule has 0 aliphatic carbocycles. The Labute approximate surface area is 511 Å². The zero-order chi connectivity index (χ0) is 59.8. The molecule has 0 saturated heterocycles. The van der Waals surface area contributed by atoms with Crippen molar-refractivity contribution < 1.29 is 32.9 Å². The normalized spacial score (nSPS) is 13.9. The standard InChI is InChI=1S/C73H141N2O6P/c1-6-8-10-12-14-16-18-20-22-24-26-28-30-32-34-36-37-39-40-42-44-46-48-50-52-54-56-58-60-62-64-66-72(76)71(70-81-82(78,79)80-69-68-75(3,4)5)74-73(77)67-65-63-61-59-57-55-53-51-49-47-45-43-41-38-35-33-31-29-27-25-23-21-19-17-15-13-11-9-7-2/h9,11,15,17,21,23,27,29,71-72,76H,6-8,10,12-14,16,18-20,22,24-26,28,30-70H2,1-5H3,(H-,74,77,78,79)/b11-9-,17-15-,23-21-,29-27-. The third-order valence-electron chi connectivity index (χ3n) is 16.6. The highest BCUT2D eigenvalue weighted by Gasteiger charge is 2.24. The maximum Gasteiger partial charge on any atom is 0.268 e. The van der Waals surface area contributed by atoms with E-state index in [1.165, 1.54) is 270 Å². The Kier molecular flexibility index (Phi) is 62.7. The number of aliphatic hydroxyl groups is 1. The molecule has 0 bridgehead atoms. The molecule has 0 saturated carbocycles. The van der Waals surface area contributed by atoms with E-state index in [0.29, 0.717) is 23.9 Å². The minimum absolute atomic E-state index is 0.0130. The third-order valence-corrected chi connectivity index (χ3v) is 17.5. The summed E-state index contributed by atoms with van der Waals surface area (Å²) in [6.07, 6.45) is 86.3. The predicted octanol–water partition coefficient (Wildman–Crippen LogP) is 22.4. The number of unbranched alkanes of at least 4 members (excludes halogenated alkanes) is 46. The molecule has 484 valence electrons. The van der Waals surface area contributed by atoms with E-state index in [1.807, 2.05) is 21.1 Å². The minimum Gasteiger partial charge on any atom is -0.756 e. The first-order valence-corrected chi connectivity index (χ1v) is 37.4. The van der Waals surface area contributed by atoms with E-state index in [1.54, 1.807) is 0 Å². The maximum atomic E-state index is 13.1. The Morgan fingerprint density at radius 3 is 1.09 bits per heavy atom. The van der Waals surface area contributed by atoms with Crippen LogP contribution in [-0.4, -0.2) is 68.5 Å². The molecule has 0 rings (SSSR count). The van der Waals surface area contributed by atoms with Crippen LogP contribution >= 0.6 is 7.82 Å². The van der Waals surface area contributed by atoms with Gasteiger partial charge in [0.2, 0.25) is 5.91 Å². The quantitative estimate of drug-likeness (QED) is 0.0272. The molecular formula is C73H141N2O6P. The van der Waals surface area contributed by atoms with Crippen molar-refractivity contribution in [2.45, 2.75) is 373 Å². The van der Waals surface area contributed by atoms with E-state index >= 15 is 0 Å². The fourth-order valence-electron chi connectivity index (χ4n) is 11.0. The van der Waals surface area contributed by atoms with Crippen molar-refractivity contribution in [2.24, 2.45) is 0 Å². The number of rotatable bonds is 67. The smallest absolute Gasteiger partial charge is 0.268 e. The Hall–Kier alpha value is -1.54. The maximum absolute atomic E-state index is 13.1. The molecule has 2 N–H and O–H groups in total. The summed E-state index contributed by atoms with van der Waals surface area (Å²) >= 11 is 0. The number of carbonyl (C=O) groups excluding carboxylic acids is 1. The largest absolute Gasteiger partial charge is 0.756 e. The molecule has 0 aliphatic rings. The molecule has 3 atom stereocenters. The second-order valence-electron chi connectivity index (χ2n) is 25.9. The topological polar surface area (TPSA) is 108 Å². The average Bonchev–Trinajstić information content (AvgIpc) is 3.47. The summed E-state index contributed by atoms with van der Waals surface area (Å²) in [5.41, 5.74) is 0. The molecule has 0 aromatic heterocycles. The van der Waals surface area contributed by atoms with E-state index in [0.717, 1.165) is 64.2 Å². The summed E-state index contributed by atoms with van der Waals surface area (Å²) in [4.78, 5) is 25.7. The first-order chi connectivity index (χ1) is 40.0. The Morgan fingerprint density at radius 1 is 0.439 bits per heavy atom. The van der Waals surface area contributed by atoms with Gasteiger partial charge in [-0.05, 0) is 51.4 Å². The van der Waals surface area contributed by atoms with Crippen molar-refractivity contribution in [1.29, 1.82) is 0 Å². The van der Waals surface area contributed by atoms with Crippen LogP contribution in [0.1, 0.15) is 361 Å². The lowest BCUT2D eigenvalue weighted by molar-refractivity contribution is -0.870. The Morgan fingerprint density at radius 2 is 0.744 bits per heavy atom. The van der Waals surface area contributed by atoms with Crippen molar-refractivity contribution in [3.63, 3.8) is 0 Å². The average molecular weight is 1170 g/mol. The molecule has 9 heteroatoms. The summed E-state index contributed by atoms with van der Waals surface area (Å²) in [6, 6.07) is -0.803. The van der Waals surface area contributed by atoms with Crippen molar-refractivity contribution in [3.05, 3.63) is 48.6 Å². The van der Waals surface area contributed by atoms with Gasteiger partial charge in [-0.3, -0.25) is 9.36 Å². The van der Waals surface area contributed by atoms with Gasteiger partial charge in [-0.25, -0.2) is 0 Å². The first-order valence-electron chi connectivity index (χ1n) is 36.0. The molecular weight excluding hydrogens is 1030 g/mol. The lowest BCUT2D eigenvalue weighted by atomic mass is 10.0. The van der Waals surface area contributed by atoms with Gasteiger partial charge in [0.1, 0.15) is 13.2 Å². The van der Waals surface area contributed by atoms with Crippen LogP contribution < -0.4 is 10.2 Å². The summed E-state index contributed by atoms with van der Waals surface area (Å²) in [6.45, 7) is 4.66. The molecule has 0 heterocycles. The van der Waals surface area contributed by atoms with Crippen LogP contribution in [0.2, 0.25) is 0 Å². The molecule has 8 nitrogen and oxygen atoms in total. The van der Waals surface area contributed by atoms with E-state index in [4.69, 9.17) is 9.05 Å². The summed E-state index contributed by atoms with van der Waals surface area (Å²) in [5.74, 6) is -0.159. The first kappa shape index (κ1) is 80.5. The lowest BCUT2D eigenvalue weighted by Crippen LogP contribution is -2.46. The highest BCUT2D eigenvalue weighted by atomic mass is 31.2. The van der Waals surface area contributed by atoms with Crippen LogP contribution in [0.15, 0.2) is 48.6 Å². The number of quaternary nitrogens is 1. The molecule has 0 fully saturated rings. The highest BCUT2D eigenvalue weighted by Crippen LogP contribution is 2.38. The molecule has 0 aromatic rings. The minimum atomic E-state index is -4.58. The van der Waals surface area contributed by atoms with Gasteiger partial charge in [0, 0.05) is 6.42 Å². The number of aliphatic hydroxyl groups excluding tert-OH is 1. The van der Waals surface area contributed by atoms with Crippen molar-refractivity contribution in [2.75, 3.05) is 40.9 Å². The fraction of sp³-hybridized carbons (Fsp3) is 0.877. The van der Waals surface area contributed by atoms with Crippen LogP contribution in [0.5, 0.6) is 0 Å². The zero-order valence-corrected chi connectivity index (χ0v) is 56.4. The van der Waals surface area contributed by atoms with E-state index in [-0.39, 0.29) is 19.1 Å². The number of hydrogen-bond acceptors (Lipinski definition) is 6. The van der Waals surface area contributed by atoms with Gasteiger partial charge in [-0.15, -0.1) is 0 Å². The highest BCUT2D eigenvalue weighted by molar-refractivity contribution is 7.45. The number of nitrogens with zero attached hydrogens (tertiary/aromatic N) is 1.